The van der Waals surface area contributed by atoms with Gasteiger partial charge in [-0.3, -0.25) is 14.8 Å². The van der Waals surface area contributed by atoms with Gasteiger partial charge in [0.15, 0.2) is 0 Å². The molecular weight excluding hydrogens is 307 g/mol. The van der Waals surface area contributed by atoms with Gasteiger partial charge in [-0.2, -0.15) is 18.3 Å². The number of aromatic nitrogens is 4. The lowest BCUT2D eigenvalue weighted by atomic mass is 10.4. The van der Waals surface area contributed by atoms with Crippen LogP contribution >= 0.6 is 22.9 Å². The summed E-state index contributed by atoms with van der Waals surface area (Å²) < 4.78 is 38.1. The van der Waals surface area contributed by atoms with E-state index >= 15 is 0 Å². The van der Waals surface area contributed by atoms with E-state index in [9.17, 15) is 18.0 Å². The number of halogens is 4. The van der Waals surface area contributed by atoms with E-state index in [1.54, 1.807) is 0 Å². The van der Waals surface area contributed by atoms with Gasteiger partial charge in [-0.05, 0) is 0 Å². The lowest BCUT2D eigenvalue weighted by Crippen LogP contribution is -2.16. The fraction of sp³-hybridized carbons (Fsp3) is 0.250. The summed E-state index contributed by atoms with van der Waals surface area (Å²) in [5.41, 5.74) is 0.0189. The van der Waals surface area contributed by atoms with Crippen LogP contribution in [0.1, 0.15) is 15.5 Å². The maximum absolute atomic E-state index is 12.3. The monoisotopic (exact) mass is 311 g/mol. The Balaban J connectivity index is 2.18. The molecule has 2 heterocycles. The first-order chi connectivity index (χ1) is 8.79. The van der Waals surface area contributed by atoms with Crippen molar-refractivity contribution in [2.45, 2.75) is 6.18 Å². The predicted octanol–water partition coefficient (Wildman–Crippen LogP) is 2.20. The van der Waals surface area contributed by atoms with E-state index in [0.29, 0.717) is 0 Å². The molecule has 6 nitrogen and oxygen atoms in total. The van der Waals surface area contributed by atoms with Gasteiger partial charge in [0, 0.05) is 7.05 Å². The topological polar surface area (TPSA) is 72.7 Å². The van der Waals surface area contributed by atoms with Crippen LogP contribution in [0.4, 0.5) is 18.3 Å². The van der Waals surface area contributed by atoms with Crippen molar-refractivity contribution in [3.63, 3.8) is 0 Å². The van der Waals surface area contributed by atoms with E-state index in [0.717, 1.165) is 0 Å². The second-order valence-electron chi connectivity index (χ2n) is 3.33. The first kappa shape index (κ1) is 13.7. The van der Waals surface area contributed by atoms with Gasteiger partial charge in [0.1, 0.15) is 5.69 Å². The number of amides is 1. The van der Waals surface area contributed by atoms with Gasteiger partial charge in [-0.1, -0.05) is 22.9 Å². The van der Waals surface area contributed by atoms with Crippen LogP contribution in [-0.4, -0.2) is 25.9 Å². The van der Waals surface area contributed by atoms with E-state index in [1.807, 2.05) is 0 Å². The summed E-state index contributed by atoms with van der Waals surface area (Å²) in [6.07, 6.45) is -3.34. The molecular formula is C8H5ClF3N5OS. The van der Waals surface area contributed by atoms with E-state index in [-0.39, 0.29) is 27.2 Å². The van der Waals surface area contributed by atoms with Gasteiger partial charge in [-0.25, -0.2) is 0 Å². The highest BCUT2D eigenvalue weighted by atomic mass is 35.5. The van der Waals surface area contributed by atoms with Gasteiger partial charge in [0.25, 0.3) is 5.91 Å². The van der Waals surface area contributed by atoms with Gasteiger partial charge in [0.2, 0.25) is 10.1 Å². The van der Waals surface area contributed by atoms with Gasteiger partial charge >= 0.3 is 6.18 Å². The fourth-order valence-corrected chi connectivity index (χ4v) is 2.07. The van der Waals surface area contributed by atoms with Crippen LogP contribution in [0, 0.1) is 0 Å². The number of nitrogens with one attached hydrogen (secondary N) is 1. The van der Waals surface area contributed by atoms with Crippen molar-refractivity contribution in [3.05, 3.63) is 21.9 Å². The molecule has 0 aliphatic heterocycles. The molecule has 0 unspecified atom stereocenters. The van der Waals surface area contributed by atoms with Crippen LogP contribution in [0.25, 0.3) is 0 Å². The molecule has 11 heteroatoms. The molecule has 2 rings (SSSR count). The maximum atomic E-state index is 12.3. The molecule has 1 amide bonds. The van der Waals surface area contributed by atoms with E-state index < -0.39 is 17.1 Å². The highest BCUT2D eigenvalue weighted by molar-refractivity contribution is 7.15. The first-order valence-electron chi connectivity index (χ1n) is 4.68. The zero-order chi connectivity index (χ0) is 14.2. The molecule has 2 aromatic rings. The number of hydrogen-bond acceptors (Lipinski definition) is 5. The van der Waals surface area contributed by atoms with Crippen molar-refractivity contribution in [2.24, 2.45) is 7.05 Å². The molecule has 0 aliphatic rings. The maximum Gasteiger partial charge on any atom is 0.445 e. The molecule has 0 spiro atoms. The second kappa shape index (κ2) is 4.78. The Bertz CT molecular complexity index is 603. The predicted molar refractivity (Wildman–Crippen MR) is 61.1 cm³/mol. The molecule has 0 fully saturated rings. The number of aryl methyl sites for hydroxylation is 1. The Hall–Kier alpha value is -1.68. The number of carbonyl (C=O) groups is 1. The molecule has 0 aliphatic carbocycles. The Morgan fingerprint density at radius 1 is 1.47 bits per heavy atom. The number of hydrogen-bond donors (Lipinski definition) is 1. The van der Waals surface area contributed by atoms with Gasteiger partial charge in [-0.15, -0.1) is 10.2 Å². The minimum Gasteiger partial charge on any atom is -0.295 e. The van der Waals surface area contributed by atoms with Gasteiger partial charge < -0.3 is 0 Å². The quantitative estimate of drug-likeness (QED) is 0.923. The van der Waals surface area contributed by atoms with Crippen LogP contribution in [0.15, 0.2) is 6.20 Å². The minimum atomic E-state index is -4.59. The highest BCUT2D eigenvalue weighted by Gasteiger charge is 2.36. The van der Waals surface area contributed by atoms with Crippen LogP contribution in [0.5, 0.6) is 0 Å². The number of carbonyl (C=O) groups excluding carboxylic acids is 1. The molecule has 0 aromatic carbocycles. The SMILES string of the molecule is Cn1ncc(Cl)c1C(=O)Nc1nnc(C(F)(F)F)s1. The zero-order valence-corrected chi connectivity index (χ0v) is 10.8. The molecule has 19 heavy (non-hydrogen) atoms. The third-order valence-electron chi connectivity index (χ3n) is 2.00. The Morgan fingerprint density at radius 2 is 2.16 bits per heavy atom. The van der Waals surface area contributed by atoms with E-state index in [2.05, 4.69) is 20.6 Å². The van der Waals surface area contributed by atoms with Crippen molar-refractivity contribution in [3.8, 4) is 0 Å². The summed E-state index contributed by atoms with van der Waals surface area (Å²) >= 11 is 5.95. The summed E-state index contributed by atoms with van der Waals surface area (Å²) in [5, 5.41) is 10.8. The number of nitrogens with zero attached hydrogens (tertiary/aromatic N) is 4. The first-order valence-corrected chi connectivity index (χ1v) is 5.88. The molecule has 0 saturated carbocycles. The number of rotatable bonds is 2. The molecule has 0 bridgehead atoms. The molecule has 102 valence electrons. The standard InChI is InChI=1S/C8H5ClF3N5OS/c1-17-4(3(9)2-13-17)5(18)14-7-16-15-6(19-7)8(10,11)12/h2H,1H3,(H,14,16,18). The number of anilines is 1. The van der Waals surface area contributed by atoms with Crippen molar-refractivity contribution < 1.29 is 18.0 Å². The lowest BCUT2D eigenvalue weighted by molar-refractivity contribution is -0.138. The Kier molecular flexibility index (Phi) is 3.45. The van der Waals surface area contributed by atoms with Crippen molar-refractivity contribution in [1.82, 2.24) is 20.0 Å². The van der Waals surface area contributed by atoms with Crippen LogP contribution in [0.3, 0.4) is 0 Å². The minimum absolute atomic E-state index is 0.0189. The zero-order valence-electron chi connectivity index (χ0n) is 9.19. The van der Waals surface area contributed by atoms with Crippen molar-refractivity contribution >= 4 is 34.0 Å². The van der Waals surface area contributed by atoms with Crippen molar-refractivity contribution in [1.29, 1.82) is 0 Å². The van der Waals surface area contributed by atoms with E-state index in [4.69, 9.17) is 11.6 Å². The molecule has 0 saturated heterocycles. The third-order valence-corrected chi connectivity index (χ3v) is 3.16. The Labute approximate surface area is 113 Å². The summed E-state index contributed by atoms with van der Waals surface area (Å²) in [5.74, 6) is -0.713. The normalized spacial score (nSPS) is 11.6. The van der Waals surface area contributed by atoms with Crippen LogP contribution in [0.2, 0.25) is 5.02 Å². The second-order valence-corrected chi connectivity index (χ2v) is 4.71. The highest BCUT2D eigenvalue weighted by Crippen LogP contribution is 2.33. The third kappa shape index (κ3) is 2.84. The smallest absolute Gasteiger partial charge is 0.295 e. The fourth-order valence-electron chi connectivity index (χ4n) is 1.21. The van der Waals surface area contributed by atoms with Crippen molar-refractivity contribution in [2.75, 3.05) is 5.32 Å². The summed E-state index contributed by atoms with van der Waals surface area (Å²) in [6.45, 7) is 0. The van der Waals surface area contributed by atoms with Crippen LogP contribution in [-0.2, 0) is 13.2 Å². The molecule has 2 aromatic heterocycles. The molecule has 0 atom stereocenters. The largest absolute Gasteiger partial charge is 0.445 e. The summed E-state index contributed by atoms with van der Waals surface area (Å²) in [6, 6.07) is 0. The molecule has 0 radical (unpaired) electrons. The lowest BCUT2D eigenvalue weighted by Gasteiger charge is -2.02. The summed E-state index contributed by atoms with van der Waals surface area (Å²) in [7, 11) is 1.47. The average molecular weight is 312 g/mol. The van der Waals surface area contributed by atoms with Crippen LogP contribution < -0.4 is 5.32 Å². The van der Waals surface area contributed by atoms with E-state index in [1.165, 1.54) is 17.9 Å². The number of alkyl halides is 3. The Morgan fingerprint density at radius 3 is 2.63 bits per heavy atom. The summed E-state index contributed by atoms with van der Waals surface area (Å²) in [4.78, 5) is 11.8. The molecule has 1 N–H and O–H groups in total. The van der Waals surface area contributed by atoms with Gasteiger partial charge in [0.05, 0.1) is 11.2 Å². The average Bonchev–Trinajstić information content (AvgIpc) is 2.85.